The molecule has 6 heteroatoms. The van der Waals surface area contributed by atoms with Crippen molar-refractivity contribution in [2.45, 2.75) is 19.4 Å². The maximum absolute atomic E-state index is 11.1. The first-order chi connectivity index (χ1) is 8.52. The molecule has 0 saturated heterocycles. The van der Waals surface area contributed by atoms with Gasteiger partial charge in [-0.3, -0.25) is 10.1 Å². The van der Waals surface area contributed by atoms with Crippen molar-refractivity contribution in [3.63, 3.8) is 0 Å². The Kier molecular flexibility index (Phi) is 5.13. The lowest BCUT2D eigenvalue weighted by atomic mass is 10.1. The van der Waals surface area contributed by atoms with Crippen molar-refractivity contribution in [2.75, 3.05) is 6.61 Å². The predicted octanol–water partition coefficient (Wildman–Crippen LogP) is 0.704. The molecule has 0 radical (unpaired) electrons. The monoisotopic (exact) mass is 252 g/mol. The van der Waals surface area contributed by atoms with E-state index in [1.165, 1.54) is 0 Å². The van der Waals surface area contributed by atoms with Gasteiger partial charge in [0.1, 0.15) is 5.75 Å². The number of imide groups is 1. The minimum Gasteiger partial charge on any atom is -0.484 e. The van der Waals surface area contributed by atoms with Crippen LogP contribution in [0.4, 0.5) is 4.79 Å². The second kappa shape index (κ2) is 6.61. The Bertz CT molecular complexity index is 417. The van der Waals surface area contributed by atoms with Crippen LogP contribution in [0, 0.1) is 0 Å². The molecule has 0 aliphatic carbocycles. The summed E-state index contributed by atoms with van der Waals surface area (Å²) in [7, 11) is 0. The number of ether oxygens (including phenoxy) is 1. The van der Waals surface area contributed by atoms with Gasteiger partial charge in [0.05, 0.1) is 6.10 Å². The summed E-state index contributed by atoms with van der Waals surface area (Å²) < 4.78 is 5.14. The summed E-state index contributed by atoms with van der Waals surface area (Å²) in [5.74, 6) is -0.137. The number of carbonyl (C=O) groups excluding carboxylic acids is 2. The van der Waals surface area contributed by atoms with E-state index in [-0.39, 0.29) is 6.61 Å². The number of hydrogen-bond donors (Lipinski definition) is 3. The van der Waals surface area contributed by atoms with E-state index in [0.29, 0.717) is 12.2 Å². The Hall–Kier alpha value is -2.08. The largest absolute Gasteiger partial charge is 0.484 e. The highest BCUT2D eigenvalue weighted by Crippen LogP contribution is 2.19. The molecule has 1 aromatic rings. The van der Waals surface area contributed by atoms with Gasteiger partial charge in [0.15, 0.2) is 6.61 Å². The summed E-state index contributed by atoms with van der Waals surface area (Å²) in [5.41, 5.74) is 5.56. The SMILES string of the molecule is CC[C@@H](O)c1ccc(OCC(=O)NC(N)=O)cc1. The number of nitrogens with two attached hydrogens (primary N) is 1. The van der Waals surface area contributed by atoms with Gasteiger partial charge in [0.2, 0.25) is 0 Å². The van der Waals surface area contributed by atoms with E-state index in [4.69, 9.17) is 10.5 Å². The van der Waals surface area contributed by atoms with E-state index in [1.54, 1.807) is 24.3 Å². The van der Waals surface area contributed by atoms with Crippen LogP contribution in [0.1, 0.15) is 25.0 Å². The molecular weight excluding hydrogens is 236 g/mol. The highest BCUT2D eigenvalue weighted by molar-refractivity contribution is 5.94. The van der Waals surface area contributed by atoms with Crippen molar-refractivity contribution in [3.8, 4) is 5.75 Å². The van der Waals surface area contributed by atoms with Gasteiger partial charge in [-0.15, -0.1) is 0 Å². The summed E-state index contributed by atoms with van der Waals surface area (Å²) >= 11 is 0. The molecule has 0 fully saturated rings. The third-order valence-electron chi connectivity index (χ3n) is 2.28. The van der Waals surface area contributed by atoms with E-state index in [0.717, 1.165) is 5.56 Å². The minimum absolute atomic E-state index is 0.293. The fourth-order valence-electron chi connectivity index (χ4n) is 1.34. The number of rotatable bonds is 5. The van der Waals surface area contributed by atoms with Crippen molar-refractivity contribution in [2.24, 2.45) is 5.73 Å². The summed E-state index contributed by atoms with van der Waals surface area (Å²) in [5, 5.41) is 11.5. The van der Waals surface area contributed by atoms with E-state index >= 15 is 0 Å². The number of benzene rings is 1. The lowest BCUT2D eigenvalue weighted by Gasteiger charge is -2.09. The van der Waals surface area contributed by atoms with Crippen LogP contribution >= 0.6 is 0 Å². The summed E-state index contributed by atoms with van der Waals surface area (Å²) in [6, 6.07) is 5.81. The lowest BCUT2D eigenvalue weighted by Crippen LogP contribution is -2.38. The van der Waals surface area contributed by atoms with Crippen LogP contribution in [0.5, 0.6) is 5.75 Å². The molecular formula is C12H16N2O4. The quantitative estimate of drug-likeness (QED) is 0.718. The van der Waals surface area contributed by atoms with E-state index in [9.17, 15) is 14.7 Å². The fourth-order valence-corrected chi connectivity index (χ4v) is 1.34. The van der Waals surface area contributed by atoms with Crippen LogP contribution < -0.4 is 15.8 Å². The average molecular weight is 252 g/mol. The number of urea groups is 1. The van der Waals surface area contributed by atoms with Crippen LogP contribution in [0.25, 0.3) is 0 Å². The molecule has 0 bridgehead atoms. The van der Waals surface area contributed by atoms with Gasteiger partial charge in [-0.05, 0) is 24.1 Å². The van der Waals surface area contributed by atoms with Crippen molar-refractivity contribution in [1.29, 1.82) is 0 Å². The number of primary amides is 1. The molecule has 0 aliphatic rings. The molecule has 0 unspecified atom stereocenters. The van der Waals surface area contributed by atoms with Gasteiger partial charge < -0.3 is 15.6 Å². The Labute approximate surface area is 105 Å². The fraction of sp³-hybridized carbons (Fsp3) is 0.333. The molecule has 3 amide bonds. The Morgan fingerprint density at radius 2 is 2.00 bits per heavy atom. The van der Waals surface area contributed by atoms with Gasteiger partial charge >= 0.3 is 6.03 Å². The molecule has 0 spiro atoms. The molecule has 1 aromatic carbocycles. The summed E-state index contributed by atoms with van der Waals surface area (Å²) in [6.07, 6.45) is 0.124. The van der Waals surface area contributed by atoms with Crippen molar-refractivity contribution < 1.29 is 19.4 Å². The topological polar surface area (TPSA) is 102 Å². The third-order valence-corrected chi connectivity index (χ3v) is 2.28. The van der Waals surface area contributed by atoms with Gasteiger partial charge in [-0.1, -0.05) is 19.1 Å². The van der Waals surface area contributed by atoms with Crippen molar-refractivity contribution in [1.82, 2.24) is 5.32 Å². The number of carbonyl (C=O) groups is 2. The maximum Gasteiger partial charge on any atom is 0.318 e. The molecule has 0 aromatic heterocycles. The highest BCUT2D eigenvalue weighted by Gasteiger charge is 2.07. The minimum atomic E-state index is -0.912. The highest BCUT2D eigenvalue weighted by atomic mass is 16.5. The van der Waals surface area contributed by atoms with Crippen LogP contribution in [0.15, 0.2) is 24.3 Å². The third kappa shape index (κ3) is 4.42. The first kappa shape index (κ1) is 14.0. The van der Waals surface area contributed by atoms with E-state index < -0.39 is 18.0 Å². The van der Waals surface area contributed by atoms with Gasteiger partial charge in [-0.25, -0.2) is 4.79 Å². The Morgan fingerprint density at radius 1 is 1.39 bits per heavy atom. The standard InChI is InChI=1S/C12H16N2O4/c1-2-10(15)8-3-5-9(6-4-8)18-7-11(16)14-12(13)17/h3-6,10,15H,2,7H2,1H3,(H3,13,14,16,17)/t10-/m1/s1. The Balaban J connectivity index is 2.49. The van der Waals surface area contributed by atoms with Crippen molar-refractivity contribution in [3.05, 3.63) is 29.8 Å². The molecule has 1 rings (SSSR count). The second-order valence-corrected chi connectivity index (χ2v) is 3.69. The van der Waals surface area contributed by atoms with Crippen LogP contribution in [0.2, 0.25) is 0 Å². The first-order valence-corrected chi connectivity index (χ1v) is 5.53. The van der Waals surface area contributed by atoms with Crippen LogP contribution in [-0.4, -0.2) is 23.7 Å². The van der Waals surface area contributed by atoms with Crippen molar-refractivity contribution >= 4 is 11.9 Å². The molecule has 0 heterocycles. The normalized spacial score (nSPS) is 11.7. The second-order valence-electron chi connectivity index (χ2n) is 3.69. The molecule has 18 heavy (non-hydrogen) atoms. The lowest BCUT2D eigenvalue weighted by molar-refractivity contribution is -0.121. The van der Waals surface area contributed by atoms with E-state index in [2.05, 4.69) is 0 Å². The van der Waals surface area contributed by atoms with E-state index in [1.807, 2.05) is 12.2 Å². The Morgan fingerprint density at radius 3 is 2.50 bits per heavy atom. The number of amides is 3. The van der Waals surface area contributed by atoms with Gasteiger partial charge in [0, 0.05) is 0 Å². The first-order valence-electron chi connectivity index (χ1n) is 5.53. The smallest absolute Gasteiger partial charge is 0.318 e. The zero-order valence-corrected chi connectivity index (χ0v) is 10.1. The summed E-state index contributed by atoms with van der Waals surface area (Å²) in [6.45, 7) is 1.59. The predicted molar refractivity (Wildman–Crippen MR) is 64.9 cm³/mol. The maximum atomic E-state index is 11.1. The average Bonchev–Trinajstić information content (AvgIpc) is 2.35. The molecule has 0 saturated carbocycles. The number of aliphatic hydroxyl groups excluding tert-OH is 1. The number of nitrogens with one attached hydrogen (secondary N) is 1. The molecule has 4 N–H and O–H groups in total. The zero-order valence-electron chi connectivity index (χ0n) is 10.1. The molecule has 6 nitrogen and oxygen atoms in total. The zero-order chi connectivity index (χ0) is 13.5. The molecule has 98 valence electrons. The number of aliphatic hydroxyl groups is 1. The number of hydrogen-bond acceptors (Lipinski definition) is 4. The molecule has 0 aliphatic heterocycles. The van der Waals surface area contributed by atoms with Crippen LogP contribution in [-0.2, 0) is 4.79 Å². The van der Waals surface area contributed by atoms with Gasteiger partial charge in [0.25, 0.3) is 5.91 Å². The van der Waals surface area contributed by atoms with Gasteiger partial charge in [-0.2, -0.15) is 0 Å². The molecule has 1 atom stereocenters. The van der Waals surface area contributed by atoms with Crippen LogP contribution in [0.3, 0.4) is 0 Å². The summed E-state index contributed by atoms with van der Waals surface area (Å²) in [4.78, 5) is 21.5.